The van der Waals surface area contributed by atoms with Gasteiger partial charge in [-0.3, -0.25) is 19.2 Å². The van der Waals surface area contributed by atoms with Gasteiger partial charge in [0.05, 0.1) is 12.5 Å². The van der Waals surface area contributed by atoms with E-state index in [-0.39, 0.29) is 17.7 Å². The number of nitrogens with zero attached hydrogens (tertiary/aromatic N) is 1. The molecule has 0 saturated carbocycles. The molecule has 1 aromatic rings. The van der Waals surface area contributed by atoms with Crippen LogP contribution in [0.25, 0.3) is 0 Å². The molecule has 1 aliphatic heterocycles. The molecule has 162 valence electrons. The number of carbonyl (C=O) groups is 5. The van der Waals surface area contributed by atoms with Crippen molar-refractivity contribution in [2.45, 2.75) is 51.2 Å². The molecule has 1 saturated heterocycles. The zero-order valence-corrected chi connectivity index (χ0v) is 17.0. The van der Waals surface area contributed by atoms with Crippen molar-refractivity contribution in [1.29, 1.82) is 0 Å². The largest absolute Gasteiger partial charge is 0.481 e. The molecule has 0 spiro atoms. The van der Waals surface area contributed by atoms with Gasteiger partial charge in [-0.05, 0) is 30.9 Å². The molecule has 3 N–H and O–H groups in total. The molecule has 0 aliphatic carbocycles. The van der Waals surface area contributed by atoms with Gasteiger partial charge in [0.1, 0.15) is 18.4 Å². The van der Waals surface area contributed by atoms with E-state index in [1.807, 2.05) is 0 Å². The second-order valence-corrected chi connectivity index (χ2v) is 7.60. The van der Waals surface area contributed by atoms with Gasteiger partial charge >= 0.3 is 5.97 Å². The fourth-order valence-corrected chi connectivity index (χ4v) is 3.41. The van der Waals surface area contributed by atoms with Crippen LogP contribution in [-0.4, -0.2) is 64.7 Å². The lowest BCUT2D eigenvalue weighted by Gasteiger charge is -2.31. The first-order valence-electron chi connectivity index (χ1n) is 9.88. The van der Waals surface area contributed by atoms with E-state index in [2.05, 4.69) is 10.6 Å². The van der Waals surface area contributed by atoms with Crippen LogP contribution < -0.4 is 10.6 Å². The lowest BCUT2D eigenvalue weighted by Crippen LogP contribution is -2.56. The van der Waals surface area contributed by atoms with Gasteiger partial charge in [-0.2, -0.15) is 0 Å². The zero-order chi connectivity index (χ0) is 22.3. The highest BCUT2D eigenvalue weighted by Crippen LogP contribution is 2.21. The summed E-state index contributed by atoms with van der Waals surface area (Å²) in [5.41, 5.74) is 0.425. The van der Waals surface area contributed by atoms with Gasteiger partial charge in [0.15, 0.2) is 0 Å². The number of hydrogen-bond acceptors (Lipinski definition) is 5. The maximum atomic E-state index is 13.2. The van der Waals surface area contributed by atoms with Gasteiger partial charge in [0, 0.05) is 12.1 Å². The number of aliphatic carboxylic acids is 1. The predicted molar refractivity (Wildman–Crippen MR) is 108 cm³/mol. The standard InChI is InChI=1S/C21H27N3O6/c1-13(2)18(23-19(28)14-7-4-3-5-8-14)21(30)24-10-6-9-16(24)20(29)22-15(12-25)11-17(26)27/h3-5,7-8,12-13,15-16,18H,6,9-11H2,1-2H3,(H,22,29)(H,23,28)(H,26,27)/t15-,16-,18-/m0/s1. The van der Waals surface area contributed by atoms with E-state index >= 15 is 0 Å². The molecule has 1 fully saturated rings. The summed E-state index contributed by atoms with van der Waals surface area (Å²) in [5.74, 6) is -2.77. The maximum absolute atomic E-state index is 13.2. The quantitative estimate of drug-likeness (QED) is 0.504. The molecular formula is C21H27N3O6. The van der Waals surface area contributed by atoms with Crippen molar-refractivity contribution >= 4 is 30.0 Å². The minimum Gasteiger partial charge on any atom is -0.481 e. The highest BCUT2D eigenvalue weighted by atomic mass is 16.4. The number of hydrogen-bond donors (Lipinski definition) is 3. The van der Waals surface area contributed by atoms with Crippen LogP contribution in [0.15, 0.2) is 30.3 Å². The predicted octanol–water partition coefficient (Wildman–Crippen LogP) is 0.590. The number of rotatable bonds is 9. The van der Waals surface area contributed by atoms with Crippen LogP contribution >= 0.6 is 0 Å². The number of benzene rings is 1. The van der Waals surface area contributed by atoms with Crippen molar-refractivity contribution < 1.29 is 29.1 Å². The molecule has 3 atom stereocenters. The first-order valence-corrected chi connectivity index (χ1v) is 9.88. The summed E-state index contributed by atoms with van der Waals surface area (Å²) in [6.45, 7) is 3.94. The van der Waals surface area contributed by atoms with Gasteiger partial charge in [-0.15, -0.1) is 0 Å². The fourth-order valence-electron chi connectivity index (χ4n) is 3.41. The Bertz CT molecular complexity index is 795. The van der Waals surface area contributed by atoms with E-state index in [4.69, 9.17) is 5.11 Å². The molecule has 9 heteroatoms. The number of likely N-dealkylation sites (tertiary alicyclic amines) is 1. The highest BCUT2D eigenvalue weighted by molar-refractivity contribution is 5.98. The monoisotopic (exact) mass is 417 g/mol. The van der Waals surface area contributed by atoms with Gasteiger partial charge < -0.3 is 25.4 Å². The number of aldehydes is 1. The van der Waals surface area contributed by atoms with E-state index in [1.54, 1.807) is 44.2 Å². The highest BCUT2D eigenvalue weighted by Gasteiger charge is 2.39. The van der Waals surface area contributed by atoms with Crippen LogP contribution in [0.1, 0.15) is 43.5 Å². The lowest BCUT2D eigenvalue weighted by molar-refractivity contribution is -0.142. The normalized spacial score (nSPS) is 17.8. The number of carbonyl (C=O) groups excluding carboxylic acids is 4. The summed E-state index contributed by atoms with van der Waals surface area (Å²) in [6, 6.07) is 5.72. The van der Waals surface area contributed by atoms with Crippen molar-refractivity contribution in [1.82, 2.24) is 15.5 Å². The Morgan fingerprint density at radius 3 is 2.40 bits per heavy atom. The number of carboxylic acid groups (broad SMARTS) is 1. The Balaban J connectivity index is 2.11. The molecule has 9 nitrogen and oxygen atoms in total. The van der Waals surface area contributed by atoms with E-state index in [0.717, 1.165) is 0 Å². The van der Waals surface area contributed by atoms with Crippen LogP contribution in [0.5, 0.6) is 0 Å². The number of amides is 3. The van der Waals surface area contributed by atoms with Crippen LogP contribution in [0.3, 0.4) is 0 Å². The van der Waals surface area contributed by atoms with Gasteiger partial charge in [0.25, 0.3) is 5.91 Å². The van der Waals surface area contributed by atoms with Crippen LogP contribution in [-0.2, 0) is 19.2 Å². The maximum Gasteiger partial charge on any atom is 0.305 e. The first kappa shape index (κ1) is 23.1. The summed E-state index contributed by atoms with van der Waals surface area (Å²) in [6.07, 6.45) is 0.821. The van der Waals surface area contributed by atoms with Gasteiger partial charge in [-0.1, -0.05) is 32.0 Å². The van der Waals surface area contributed by atoms with Gasteiger partial charge in [-0.25, -0.2) is 0 Å². The van der Waals surface area contributed by atoms with Crippen LogP contribution in [0, 0.1) is 5.92 Å². The summed E-state index contributed by atoms with van der Waals surface area (Å²) in [5, 5.41) is 14.0. The lowest BCUT2D eigenvalue weighted by atomic mass is 10.0. The minimum absolute atomic E-state index is 0.218. The molecular weight excluding hydrogens is 390 g/mol. The van der Waals surface area contributed by atoms with E-state index in [0.29, 0.717) is 31.2 Å². The van der Waals surface area contributed by atoms with Crippen LogP contribution in [0.4, 0.5) is 0 Å². The van der Waals surface area contributed by atoms with Crippen molar-refractivity contribution in [3.05, 3.63) is 35.9 Å². The average molecular weight is 417 g/mol. The van der Waals surface area contributed by atoms with Crippen molar-refractivity contribution in [3.8, 4) is 0 Å². The first-order chi connectivity index (χ1) is 14.2. The van der Waals surface area contributed by atoms with Gasteiger partial charge in [0.2, 0.25) is 11.8 Å². The van der Waals surface area contributed by atoms with E-state index in [9.17, 15) is 24.0 Å². The van der Waals surface area contributed by atoms with E-state index in [1.165, 1.54) is 4.90 Å². The third-order valence-electron chi connectivity index (χ3n) is 4.98. The third kappa shape index (κ3) is 5.88. The van der Waals surface area contributed by atoms with Crippen molar-refractivity contribution in [2.24, 2.45) is 5.92 Å². The fraction of sp³-hybridized carbons (Fsp3) is 0.476. The summed E-state index contributed by atoms with van der Waals surface area (Å²) in [7, 11) is 0. The molecule has 1 aliphatic rings. The average Bonchev–Trinajstić information content (AvgIpc) is 3.21. The Morgan fingerprint density at radius 1 is 1.17 bits per heavy atom. The zero-order valence-electron chi connectivity index (χ0n) is 17.0. The Labute approximate surface area is 174 Å². The second-order valence-electron chi connectivity index (χ2n) is 7.60. The molecule has 3 amide bonds. The molecule has 30 heavy (non-hydrogen) atoms. The molecule has 0 radical (unpaired) electrons. The Morgan fingerprint density at radius 2 is 1.83 bits per heavy atom. The molecule has 1 aromatic carbocycles. The summed E-state index contributed by atoms with van der Waals surface area (Å²) >= 11 is 0. The minimum atomic E-state index is -1.21. The molecule has 0 unspecified atom stereocenters. The molecule has 0 bridgehead atoms. The van der Waals surface area contributed by atoms with Crippen molar-refractivity contribution in [2.75, 3.05) is 6.54 Å². The topological polar surface area (TPSA) is 133 Å². The second kappa shape index (κ2) is 10.5. The smallest absolute Gasteiger partial charge is 0.305 e. The van der Waals surface area contributed by atoms with E-state index < -0.39 is 36.4 Å². The molecule has 0 aromatic heterocycles. The summed E-state index contributed by atoms with van der Waals surface area (Å²) in [4.78, 5) is 61.6. The Hall–Kier alpha value is -3.23. The third-order valence-corrected chi connectivity index (χ3v) is 4.98. The Kier molecular flexibility index (Phi) is 8.08. The summed E-state index contributed by atoms with van der Waals surface area (Å²) < 4.78 is 0. The molecule has 2 rings (SSSR count). The van der Waals surface area contributed by atoms with Crippen LogP contribution in [0.2, 0.25) is 0 Å². The van der Waals surface area contributed by atoms with Crippen molar-refractivity contribution in [3.63, 3.8) is 0 Å². The molecule has 1 heterocycles. The number of nitrogens with one attached hydrogen (secondary N) is 2. The SMILES string of the molecule is CC(C)[C@H](NC(=O)c1ccccc1)C(=O)N1CCC[C@H]1C(=O)N[C@H](C=O)CC(=O)O. The number of carboxylic acids is 1.